The van der Waals surface area contributed by atoms with Crippen molar-refractivity contribution >= 4 is 26.4 Å². The summed E-state index contributed by atoms with van der Waals surface area (Å²) in [7, 11) is -4.63. The Morgan fingerprint density at radius 1 is 1.10 bits per heavy atom. The summed E-state index contributed by atoms with van der Waals surface area (Å²) in [6.45, 7) is 3.89. The number of rotatable bonds is 2. The van der Waals surface area contributed by atoms with Gasteiger partial charge < -0.3 is 12.5 Å². The van der Waals surface area contributed by atoms with Crippen LogP contribution in [-0.2, 0) is 42.7 Å². The largest absolute Gasteiger partial charge is 0.504 e. The van der Waals surface area contributed by atoms with Crippen molar-refractivity contribution in [3.05, 3.63) is 66.8 Å². The van der Waals surface area contributed by atoms with Crippen molar-refractivity contribution < 1.29 is 59.4 Å². The van der Waals surface area contributed by atoms with Gasteiger partial charge in [-0.15, -0.1) is 0 Å². The van der Waals surface area contributed by atoms with Gasteiger partial charge in [0.15, 0.2) is 5.76 Å². The monoisotopic (exact) mass is 504 g/mol. The summed E-state index contributed by atoms with van der Waals surface area (Å²) < 4.78 is 65.0. The van der Waals surface area contributed by atoms with Crippen molar-refractivity contribution in [2.45, 2.75) is 26.9 Å². The van der Waals surface area contributed by atoms with E-state index in [2.05, 4.69) is 4.98 Å². The van der Waals surface area contributed by atoms with Crippen LogP contribution < -0.4 is 4.31 Å². The number of aryl methyl sites for hydroxylation is 1. The summed E-state index contributed by atoms with van der Waals surface area (Å²) in [5.74, 6) is -0.664. The van der Waals surface area contributed by atoms with Crippen molar-refractivity contribution in [3.63, 3.8) is 0 Å². The van der Waals surface area contributed by atoms with Crippen molar-refractivity contribution in [2.75, 3.05) is 10.8 Å². The van der Waals surface area contributed by atoms with Crippen LogP contribution in [0.15, 0.2) is 42.6 Å². The van der Waals surface area contributed by atoms with Crippen LogP contribution >= 0.6 is 0 Å². The normalized spacial score (nSPS) is 14.6. The minimum absolute atomic E-state index is 0. The zero-order chi connectivity index (χ0) is 20.4. The number of aliphatic hydroxyl groups excluding tert-OH is 1. The average Bonchev–Trinajstić information content (AvgIpc) is 2.61. The van der Waals surface area contributed by atoms with Gasteiger partial charge in [-0.25, -0.2) is 8.42 Å². The molecule has 0 saturated carbocycles. The molecule has 1 radical (unpaired) electrons. The number of hydrogen-bond acceptors (Lipinski definition) is 4. The number of sulfonamides is 1. The fourth-order valence-corrected chi connectivity index (χ4v) is 4.47. The maximum Gasteiger partial charge on any atom is 0.407 e. The number of pyridine rings is 1. The van der Waals surface area contributed by atoms with Crippen molar-refractivity contribution in [3.8, 4) is 0 Å². The third kappa shape index (κ3) is 5.58. The van der Waals surface area contributed by atoms with Gasteiger partial charge >= 0.3 is 6.18 Å². The number of nitrogens with zero attached hydrogens (tertiary/aromatic N) is 2. The SMILES string of the molecule is CC.Cc1ccccc1C1=C(O)c2ncccc2N(CC(F)(F)F)S1(=O)=O.[CH3-].[Y]. The smallest absolute Gasteiger partial charge is 0.407 e. The number of anilines is 1. The van der Waals surface area contributed by atoms with E-state index in [1.165, 1.54) is 24.4 Å². The predicted molar refractivity (Wildman–Crippen MR) is 105 cm³/mol. The molecule has 10 heteroatoms. The summed E-state index contributed by atoms with van der Waals surface area (Å²) >= 11 is 0. The molecule has 5 nitrogen and oxygen atoms in total. The van der Waals surface area contributed by atoms with E-state index in [0.717, 1.165) is 0 Å². The van der Waals surface area contributed by atoms with E-state index in [0.29, 0.717) is 5.56 Å². The molecule has 1 aliphatic heterocycles. The Bertz CT molecular complexity index is 977. The first-order valence-electron chi connectivity index (χ1n) is 8.17. The molecule has 0 unspecified atom stereocenters. The molecule has 0 saturated heterocycles. The van der Waals surface area contributed by atoms with Gasteiger partial charge in [0.05, 0.1) is 5.69 Å². The summed E-state index contributed by atoms with van der Waals surface area (Å²) in [6, 6.07) is 8.72. The Morgan fingerprint density at radius 3 is 2.24 bits per heavy atom. The van der Waals surface area contributed by atoms with E-state index >= 15 is 0 Å². The van der Waals surface area contributed by atoms with E-state index in [4.69, 9.17) is 0 Å². The van der Waals surface area contributed by atoms with Gasteiger partial charge in [-0.2, -0.15) is 13.2 Å². The molecule has 1 N–H and O–H groups in total. The molecule has 0 spiro atoms. The zero-order valence-corrected chi connectivity index (χ0v) is 20.2. The van der Waals surface area contributed by atoms with Crippen LogP contribution in [0, 0.1) is 14.4 Å². The number of hydrogen-bond donors (Lipinski definition) is 1. The Balaban J connectivity index is 0.00000190. The van der Waals surface area contributed by atoms with E-state index < -0.39 is 33.4 Å². The van der Waals surface area contributed by atoms with E-state index in [-0.39, 0.29) is 61.4 Å². The molecular weight excluding hydrogens is 482 g/mol. The molecule has 0 amide bonds. The Hall–Kier alpha value is -1.45. The predicted octanol–water partition coefficient (Wildman–Crippen LogP) is 4.96. The third-order valence-corrected chi connectivity index (χ3v) is 5.59. The molecule has 1 aromatic heterocycles. The second-order valence-corrected chi connectivity index (χ2v) is 7.29. The summed E-state index contributed by atoms with van der Waals surface area (Å²) in [5.41, 5.74) is 0.108. The third-order valence-electron chi connectivity index (χ3n) is 3.76. The maximum atomic E-state index is 13.0. The molecule has 29 heavy (non-hydrogen) atoms. The van der Waals surface area contributed by atoms with Crippen molar-refractivity contribution in [1.29, 1.82) is 0 Å². The van der Waals surface area contributed by atoms with Crippen molar-refractivity contribution in [2.24, 2.45) is 0 Å². The number of aromatic nitrogens is 1. The number of alkyl halides is 3. The minimum atomic E-state index is -4.76. The first-order chi connectivity index (χ1) is 12.6. The van der Waals surface area contributed by atoms with Crippen LogP contribution in [0.5, 0.6) is 0 Å². The molecule has 157 valence electrons. The first-order valence-corrected chi connectivity index (χ1v) is 9.61. The van der Waals surface area contributed by atoms with Gasteiger partial charge in [0, 0.05) is 44.5 Å². The fourth-order valence-electron chi connectivity index (χ4n) is 2.68. The summed E-state index contributed by atoms with van der Waals surface area (Å²) in [4.78, 5) is 3.29. The summed E-state index contributed by atoms with van der Waals surface area (Å²) in [5, 5.41) is 10.5. The van der Waals surface area contributed by atoms with Gasteiger partial charge in [0.2, 0.25) is 0 Å². The summed E-state index contributed by atoms with van der Waals surface area (Å²) in [6.07, 6.45) is -3.49. The molecule has 2 aromatic rings. The topological polar surface area (TPSA) is 70.5 Å². The number of fused-ring (bicyclic) bond motifs is 1. The number of benzene rings is 1. The van der Waals surface area contributed by atoms with Gasteiger partial charge in [0.1, 0.15) is 17.1 Å². The van der Waals surface area contributed by atoms with Gasteiger partial charge in [-0.1, -0.05) is 38.1 Å². The maximum absolute atomic E-state index is 13.0. The second kappa shape index (κ2) is 10.5. The number of halogens is 3. The molecule has 0 bridgehead atoms. The van der Waals surface area contributed by atoms with Crippen LogP contribution in [-0.4, -0.2) is 31.2 Å². The van der Waals surface area contributed by atoms with Gasteiger partial charge in [-0.05, 0) is 24.6 Å². The molecule has 1 aromatic carbocycles. The second-order valence-electron chi connectivity index (χ2n) is 5.49. The Labute approximate surface area is 194 Å². The molecule has 0 atom stereocenters. The standard InChI is InChI=1S/C16H13F3N2O3S.C2H6.CH3.Y/c1-10-5-2-3-6-11(10)15-14(22)13-12(7-4-8-20-13)21(25(15,23)24)9-16(17,18)19;1-2;;/h2-8,22H,9H2,1H3;1-2H3;1H3;/q;;-1;. The molecule has 3 rings (SSSR count). The van der Waals surface area contributed by atoms with Crippen LogP contribution in [0.4, 0.5) is 18.9 Å². The van der Waals surface area contributed by atoms with E-state index in [9.17, 15) is 26.7 Å². The zero-order valence-electron chi connectivity index (χ0n) is 16.5. The fraction of sp³-hybridized carbons (Fsp3) is 0.263. The molecule has 2 heterocycles. The number of aliphatic hydroxyl groups is 1. The van der Waals surface area contributed by atoms with Gasteiger partial charge in [0.25, 0.3) is 10.0 Å². The van der Waals surface area contributed by atoms with Crippen LogP contribution in [0.25, 0.3) is 10.7 Å². The first kappa shape index (κ1) is 27.6. The molecule has 1 aliphatic rings. The minimum Gasteiger partial charge on any atom is -0.504 e. The average molecular weight is 504 g/mol. The van der Waals surface area contributed by atoms with E-state index in [1.54, 1.807) is 25.1 Å². The van der Waals surface area contributed by atoms with Crippen LogP contribution in [0.2, 0.25) is 0 Å². The quantitative estimate of drug-likeness (QED) is 0.588. The molecule has 0 aliphatic carbocycles. The van der Waals surface area contributed by atoms with Gasteiger partial charge in [-0.3, -0.25) is 9.29 Å². The van der Waals surface area contributed by atoms with Crippen molar-refractivity contribution in [1.82, 2.24) is 4.98 Å². The Morgan fingerprint density at radius 2 is 1.69 bits per heavy atom. The molecular formula is C19H22F3N2O3SY-. The molecule has 0 fully saturated rings. The van der Waals surface area contributed by atoms with E-state index in [1.807, 2.05) is 13.8 Å². The van der Waals surface area contributed by atoms with Crippen LogP contribution in [0.3, 0.4) is 0 Å². The van der Waals surface area contributed by atoms with Crippen LogP contribution in [0.1, 0.15) is 30.7 Å². The Kier molecular flexibility index (Phi) is 10.0.